The summed E-state index contributed by atoms with van der Waals surface area (Å²) in [6.07, 6.45) is 11.6. The van der Waals surface area contributed by atoms with Gasteiger partial charge in [-0.2, -0.15) is 0 Å². The first-order chi connectivity index (χ1) is 12.6. The molecule has 0 saturated carbocycles. The molecule has 0 aromatic heterocycles. The van der Waals surface area contributed by atoms with Gasteiger partial charge in [0.15, 0.2) is 0 Å². The lowest BCUT2D eigenvalue weighted by atomic mass is 9.96. The van der Waals surface area contributed by atoms with Gasteiger partial charge in [-0.05, 0) is 55.2 Å². The van der Waals surface area contributed by atoms with E-state index in [2.05, 4.69) is 32.0 Å². The molecule has 0 aliphatic carbocycles. The normalized spacial score (nSPS) is 11.8. The quantitative estimate of drug-likeness (QED) is 0.256. The van der Waals surface area contributed by atoms with Gasteiger partial charge in [0.1, 0.15) is 0 Å². The molecule has 0 aliphatic heterocycles. The van der Waals surface area contributed by atoms with E-state index in [1.165, 1.54) is 69.4 Å². The highest BCUT2D eigenvalue weighted by Gasteiger charge is 2.21. The third kappa shape index (κ3) is 9.32. The Morgan fingerprint density at radius 2 is 1.15 bits per heavy atom. The minimum atomic E-state index is -3.36. The summed E-state index contributed by atoms with van der Waals surface area (Å²) in [4.78, 5) is 0. The zero-order valence-electron chi connectivity index (χ0n) is 17.1. The molecular weight excluding hydrogens is 347 g/mol. The van der Waals surface area contributed by atoms with Crippen molar-refractivity contribution in [1.29, 1.82) is 0 Å². The molecule has 0 aliphatic rings. The fraction of sp³-hybridized carbons (Fsp3) is 0.714. The molecule has 0 bridgehead atoms. The first kappa shape index (κ1) is 23.4. The summed E-state index contributed by atoms with van der Waals surface area (Å²) in [6.45, 7) is 4.85. The van der Waals surface area contributed by atoms with E-state index in [9.17, 15) is 4.57 Å². The molecule has 0 unspecified atom stereocenters. The highest BCUT2D eigenvalue weighted by atomic mass is 31.2. The monoisotopic (exact) mass is 384 g/mol. The van der Waals surface area contributed by atoms with Crippen molar-refractivity contribution in [1.82, 2.24) is 0 Å². The number of hydrogen-bond acceptors (Lipinski definition) is 4. The van der Waals surface area contributed by atoms with Crippen molar-refractivity contribution < 1.29 is 18.1 Å². The molecule has 1 aromatic carbocycles. The maximum absolute atomic E-state index is 11.9. The van der Waals surface area contributed by atoms with Gasteiger partial charge < -0.3 is 0 Å². The second-order valence-electron chi connectivity index (χ2n) is 6.82. The fourth-order valence-electron chi connectivity index (χ4n) is 3.06. The number of phosphoric acid groups is 1. The maximum atomic E-state index is 11.9. The average Bonchev–Trinajstić information content (AvgIpc) is 2.65. The van der Waals surface area contributed by atoms with E-state index in [1.807, 2.05) is 0 Å². The highest BCUT2D eigenvalue weighted by molar-refractivity contribution is 7.48. The maximum Gasteiger partial charge on any atom is 0.474 e. The van der Waals surface area contributed by atoms with Crippen LogP contribution >= 0.6 is 7.82 Å². The Balaban J connectivity index is 2.63. The van der Waals surface area contributed by atoms with Crippen LogP contribution in [0.2, 0.25) is 0 Å². The van der Waals surface area contributed by atoms with E-state index < -0.39 is 7.82 Å². The fourth-order valence-corrected chi connectivity index (χ4v) is 3.78. The van der Waals surface area contributed by atoms with Gasteiger partial charge in [0.25, 0.3) is 0 Å². The van der Waals surface area contributed by atoms with E-state index in [0.29, 0.717) is 6.61 Å². The number of phosphoric ester groups is 1. The van der Waals surface area contributed by atoms with Gasteiger partial charge in [-0.25, -0.2) is 4.57 Å². The summed E-state index contributed by atoms with van der Waals surface area (Å²) >= 11 is 0. The highest BCUT2D eigenvalue weighted by Crippen LogP contribution is 2.47. The SMILES string of the molecule is CCCCCc1cc(CCCCC)cc(CCCOP(=O)(OC)OC)c1. The van der Waals surface area contributed by atoms with Crippen molar-refractivity contribution in [2.45, 2.75) is 78.1 Å². The molecular formula is C21H37O4P. The lowest BCUT2D eigenvalue weighted by Crippen LogP contribution is -2.00. The summed E-state index contributed by atoms with van der Waals surface area (Å²) in [5.74, 6) is 0. The summed E-state index contributed by atoms with van der Waals surface area (Å²) in [5, 5.41) is 0. The van der Waals surface area contributed by atoms with Crippen molar-refractivity contribution in [3.8, 4) is 0 Å². The summed E-state index contributed by atoms with van der Waals surface area (Å²) in [5.41, 5.74) is 4.24. The van der Waals surface area contributed by atoms with Crippen molar-refractivity contribution in [3.63, 3.8) is 0 Å². The number of rotatable bonds is 15. The topological polar surface area (TPSA) is 44.8 Å². The number of hydrogen-bond donors (Lipinski definition) is 0. The van der Waals surface area contributed by atoms with Crippen LogP contribution in [0.3, 0.4) is 0 Å². The Kier molecular flexibility index (Phi) is 12.1. The van der Waals surface area contributed by atoms with Gasteiger partial charge in [-0.15, -0.1) is 0 Å². The van der Waals surface area contributed by atoms with Crippen molar-refractivity contribution in [2.75, 3.05) is 20.8 Å². The Bertz CT molecular complexity index is 509. The van der Waals surface area contributed by atoms with Crippen molar-refractivity contribution in [2.24, 2.45) is 0 Å². The van der Waals surface area contributed by atoms with Crippen LogP contribution in [-0.4, -0.2) is 20.8 Å². The Morgan fingerprint density at radius 1 is 0.731 bits per heavy atom. The molecule has 0 spiro atoms. The third-order valence-electron chi connectivity index (χ3n) is 4.56. The second-order valence-corrected chi connectivity index (χ2v) is 8.70. The van der Waals surface area contributed by atoms with Gasteiger partial charge in [0.05, 0.1) is 6.61 Å². The Hall–Kier alpha value is -0.670. The summed E-state index contributed by atoms with van der Waals surface area (Å²) in [6, 6.07) is 7.03. The average molecular weight is 384 g/mol. The molecule has 0 N–H and O–H groups in total. The molecule has 0 radical (unpaired) electrons. The predicted octanol–water partition coefficient (Wildman–Crippen LogP) is 6.50. The molecule has 1 rings (SSSR count). The van der Waals surface area contributed by atoms with Gasteiger partial charge in [0, 0.05) is 14.2 Å². The van der Waals surface area contributed by atoms with E-state index in [-0.39, 0.29) is 0 Å². The zero-order valence-corrected chi connectivity index (χ0v) is 18.0. The van der Waals surface area contributed by atoms with Crippen molar-refractivity contribution in [3.05, 3.63) is 34.9 Å². The van der Waals surface area contributed by atoms with Crippen LogP contribution in [0.15, 0.2) is 18.2 Å². The lowest BCUT2D eigenvalue weighted by molar-refractivity contribution is 0.151. The van der Waals surface area contributed by atoms with Gasteiger partial charge >= 0.3 is 7.82 Å². The van der Waals surface area contributed by atoms with Crippen molar-refractivity contribution >= 4 is 7.82 Å². The minimum Gasteiger partial charge on any atom is -0.290 e. The van der Waals surface area contributed by atoms with Crippen LogP contribution in [0.1, 0.15) is 75.5 Å². The van der Waals surface area contributed by atoms with Crippen LogP contribution in [0, 0.1) is 0 Å². The molecule has 5 heteroatoms. The van der Waals surface area contributed by atoms with Crippen LogP contribution < -0.4 is 0 Å². The molecule has 0 saturated heterocycles. The first-order valence-corrected chi connectivity index (χ1v) is 11.5. The van der Waals surface area contributed by atoms with Gasteiger partial charge in [-0.3, -0.25) is 13.6 Å². The molecule has 0 amide bonds. The Morgan fingerprint density at radius 3 is 1.54 bits per heavy atom. The summed E-state index contributed by atoms with van der Waals surface area (Å²) < 4.78 is 26.8. The van der Waals surface area contributed by atoms with Crippen LogP contribution in [0.4, 0.5) is 0 Å². The van der Waals surface area contributed by atoms with Crippen LogP contribution in [0.25, 0.3) is 0 Å². The molecule has 4 nitrogen and oxygen atoms in total. The molecule has 0 atom stereocenters. The number of benzene rings is 1. The second kappa shape index (κ2) is 13.5. The van der Waals surface area contributed by atoms with E-state index in [1.54, 1.807) is 0 Å². The molecule has 0 heterocycles. The van der Waals surface area contributed by atoms with Crippen LogP contribution in [0.5, 0.6) is 0 Å². The van der Waals surface area contributed by atoms with Crippen LogP contribution in [-0.2, 0) is 37.4 Å². The molecule has 1 aromatic rings. The van der Waals surface area contributed by atoms with E-state index in [4.69, 9.17) is 13.6 Å². The predicted molar refractivity (Wildman–Crippen MR) is 109 cm³/mol. The van der Waals surface area contributed by atoms with E-state index >= 15 is 0 Å². The largest absolute Gasteiger partial charge is 0.474 e. The summed E-state index contributed by atoms with van der Waals surface area (Å²) in [7, 11) is -0.678. The lowest BCUT2D eigenvalue weighted by Gasteiger charge is -2.14. The van der Waals surface area contributed by atoms with Gasteiger partial charge in [-0.1, -0.05) is 57.7 Å². The van der Waals surface area contributed by atoms with Gasteiger partial charge in [0.2, 0.25) is 0 Å². The number of unbranched alkanes of at least 4 members (excludes halogenated alkanes) is 4. The Labute approximate surface area is 160 Å². The minimum absolute atomic E-state index is 0.365. The molecule has 150 valence electrons. The number of aryl methyl sites for hydroxylation is 3. The zero-order chi connectivity index (χ0) is 19.3. The third-order valence-corrected chi connectivity index (χ3v) is 5.95. The molecule has 26 heavy (non-hydrogen) atoms. The molecule has 0 fully saturated rings. The standard InChI is InChI=1S/C21H37O4P/c1-5-7-9-12-19-16-20(13-10-8-6-2)18-21(17-19)14-11-15-25-26(22,23-3)24-4/h16-18H,5-15H2,1-4H3. The van der Waals surface area contributed by atoms with E-state index in [0.717, 1.165) is 25.7 Å². The smallest absolute Gasteiger partial charge is 0.290 e. The first-order valence-electron chi connectivity index (χ1n) is 10.0.